The highest BCUT2D eigenvalue weighted by Crippen LogP contribution is 2.30. The van der Waals surface area contributed by atoms with Crippen molar-refractivity contribution < 1.29 is 9.59 Å². The van der Waals surface area contributed by atoms with E-state index in [1.54, 1.807) is 0 Å². The van der Waals surface area contributed by atoms with Crippen molar-refractivity contribution in [2.45, 2.75) is 90.5 Å². The van der Waals surface area contributed by atoms with Gasteiger partial charge in [0.2, 0.25) is 5.91 Å². The normalized spacial score (nSPS) is 17.1. The van der Waals surface area contributed by atoms with Gasteiger partial charge in [0, 0.05) is 36.9 Å². The van der Waals surface area contributed by atoms with Gasteiger partial charge >= 0.3 is 0 Å². The van der Waals surface area contributed by atoms with Gasteiger partial charge < -0.3 is 15.5 Å². The van der Waals surface area contributed by atoms with Crippen molar-refractivity contribution >= 4 is 23.2 Å². The Hall–Kier alpha value is -2.04. The number of nitrogens with zero attached hydrogens (tertiary/aromatic N) is 1. The first-order valence-electron chi connectivity index (χ1n) is 12.1. The average Bonchev–Trinajstić information content (AvgIpc) is 3.55. The average molecular weight is 414 g/mol. The molecule has 166 valence electrons. The standard InChI is InChI=1S/C25H39N3O2/c1-3-4-5-6-7-8-9-24(29)26-21-12-13-23(28-16-14-19(2)15-17-28)22(18-21)25(30)27-20-10-11-20/h12-13,18-20H,3-11,14-17H2,1-2H3,(H,26,29)(H,27,30). The van der Waals surface area contributed by atoms with E-state index in [1.807, 2.05) is 18.2 Å². The molecular weight excluding hydrogens is 374 g/mol. The summed E-state index contributed by atoms with van der Waals surface area (Å²) in [6.45, 7) is 6.47. The first-order chi connectivity index (χ1) is 14.6. The van der Waals surface area contributed by atoms with Crippen LogP contribution in [0.2, 0.25) is 0 Å². The molecular formula is C25H39N3O2. The van der Waals surface area contributed by atoms with E-state index in [1.165, 1.54) is 25.7 Å². The van der Waals surface area contributed by atoms with Gasteiger partial charge in [-0.2, -0.15) is 0 Å². The summed E-state index contributed by atoms with van der Waals surface area (Å²) in [7, 11) is 0. The van der Waals surface area contributed by atoms with Gasteiger partial charge in [-0.05, 0) is 56.2 Å². The number of rotatable bonds is 11. The summed E-state index contributed by atoms with van der Waals surface area (Å²) in [4.78, 5) is 27.6. The van der Waals surface area contributed by atoms with Crippen LogP contribution in [0.3, 0.4) is 0 Å². The van der Waals surface area contributed by atoms with Gasteiger partial charge in [0.25, 0.3) is 5.91 Å². The number of carbonyl (C=O) groups is 2. The number of hydrogen-bond acceptors (Lipinski definition) is 3. The van der Waals surface area contributed by atoms with E-state index in [0.29, 0.717) is 18.0 Å². The molecule has 0 atom stereocenters. The Bertz CT molecular complexity index is 706. The van der Waals surface area contributed by atoms with E-state index < -0.39 is 0 Å². The predicted octanol–water partition coefficient (Wildman–Crippen LogP) is 5.50. The van der Waals surface area contributed by atoms with Crippen LogP contribution in [0.1, 0.15) is 94.8 Å². The number of carbonyl (C=O) groups excluding carboxylic acids is 2. The van der Waals surface area contributed by atoms with Crippen LogP contribution in [0.15, 0.2) is 18.2 Å². The van der Waals surface area contributed by atoms with Crippen LogP contribution in [0, 0.1) is 5.92 Å². The molecule has 30 heavy (non-hydrogen) atoms. The molecule has 1 saturated carbocycles. The zero-order valence-electron chi connectivity index (χ0n) is 18.8. The molecule has 3 rings (SSSR count). The number of anilines is 2. The summed E-state index contributed by atoms with van der Waals surface area (Å²) in [5, 5.41) is 6.13. The van der Waals surface area contributed by atoms with Crippen molar-refractivity contribution in [3.8, 4) is 0 Å². The number of unbranched alkanes of at least 4 members (excludes halogenated alkanes) is 5. The molecule has 0 radical (unpaired) electrons. The minimum Gasteiger partial charge on any atom is -0.371 e. The molecule has 2 aliphatic rings. The van der Waals surface area contributed by atoms with Crippen molar-refractivity contribution in [1.29, 1.82) is 0 Å². The molecule has 1 aromatic rings. The molecule has 0 bridgehead atoms. The van der Waals surface area contributed by atoms with Gasteiger partial charge in [0.05, 0.1) is 5.56 Å². The van der Waals surface area contributed by atoms with Crippen molar-refractivity contribution in [3.63, 3.8) is 0 Å². The Morgan fingerprint density at radius 3 is 2.40 bits per heavy atom. The molecule has 1 heterocycles. The van der Waals surface area contributed by atoms with Crippen LogP contribution in [0.5, 0.6) is 0 Å². The third-order valence-corrected chi connectivity index (χ3v) is 6.32. The highest BCUT2D eigenvalue weighted by Gasteiger charge is 2.27. The van der Waals surface area contributed by atoms with Gasteiger partial charge in [0.15, 0.2) is 0 Å². The third-order valence-electron chi connectivity index (χ3n) is 6.32. The van der Waals surface area contributed by atoms with Gasteiger partial charge in [-0.3, -0.25) is 9.59 Å². The van der Waals surface area contributed by atoms with Crippen LogP contribution in [0.4, 0.5) is 11.4 Å². The molecule has 0 unspecified atom stereocenters. The maximum atomic E-state index is 12.9. The SMILES string of the molecule is CCCCCCCCC(=O)Nc1ccc(N2CCC(C)CC2)c(C(=O)NC2CC2)c1. The maximum Gasteiger partial charge on any atom is 0.253 e. The highest BCUT2D eigenvalue weighted by molar-refractivity contribution is 6.02. The summed E-state index contributed by atoms with van der Waals surface area (Å²) >= 11 is 0. The Labute approximate surface area is 182 Å². The first kappa shape index (κ1) is 22.6. The quantitative estimate of drug-likeness (QED) is 0.471. The van der Waals surface area contributed by atoms with E-state index in [2.05, 4.69) is 29.4 Å². The summed E-state index contributed by atoms with van der Waals surface area (Å²) < 4.78 is 0. The van der Waals surface area contributed by atoms with E-state index in [9.17, 15) is 9.59 Å². The Kier molecular flexibility index (Phi) is 8.59. The lowest BCUT2D eigenvalue weighted by Gasteiger charge is -2.33. The largest absolute Gasteiger partial charge is 0.371 e. The topological polar surface area (TPSA) is 61.4 Å². The number of piperidine rings is 1. The van der Waals surface area contributed by atoms with E-state index >= 15 is 0 Å². The summed E-state index contributed by atoms with van der Waals surface area (Å²) in [5.41, 5.74) is 2.41. The van der Waals surface area contributed by atoms with E-state index in [-0.39, 0.29) is 11.8 Å². The molecule has 1 aliphatic heterocycles. The van der Waals surface area contributed by atoms with Crippen LogP contribution in [-0.2, 0) is 4.79 Å². The zero-order chi connectivity index (χ0) is 21.3. The number of hydrogen-bond donors (Lipinski definition) is 2. The van der Waals surface area contributed by atoms with Gasteiger partial charge in [0.1, 0.15) is 0 Å². The second-order valence-electron chi connectivity index (χ2n) is 9.22. The van der Waals surface area contributed by atoms with Gasteiger partial charge in [-0.25, -0.2) is 0 Å². The van der Waals surface area contributed by atoms with Crippen LogP contribution < -0.4 is 15.5 Å². The Morgan fingerprint density at radius 1 is 1.00 bits per heavy atom. The fourth-order valence-corrected chi connectivity index (χ4v) is 4.10. The van der Waals surface area contributed by atoms with E-state index in [0.717, 1.165) is 68.9 Å². The van der Waals surface area contributed by atoms with Crippen molar-refractivity contribution in [2.75, 3.05) is 23.3 Å². The molecule has 2 N–H and O–H groups in total. The Morgan fingerprint density at radius 2 is 1.70 bits per heavy atom. The fraction of sp³-hybridized carbons (Fsp3) is 0.680. The molecule has 2 fully saturated rings. The second-order valence-corrected chi connectivity index (χ2v) is 9.22. The third kappa shape index (κ3) is 7.03. The lowest BCUT2D eigenvalue weighted by molar-refractivity contribution is -0.116. The summed E-state index contributed by atoms with van der Waals surface area (Å²) in [6, 6.07) is 6.14. The predicted molar refractivity (Wildman–Crippen MR) is 124 cm³/mol. The molecule has 2 amide bonds. The smallest absolute Gasteiger partial charge is 0.253 e. The molecule has 0 spiro atoms. The highest BCUT2D eigenvalue weighted by atomic mass is 16.2. The molecule has 1 aliphatic carbocycles. The maximum absolute atomic E-state index is 12.9. The fourth-order valence-electron chi connectivity index (χ4n) is 4.10. The summed E-state index contributed by atoms with van der Waals surface area (Å²) in [5.74, 6) is 0.766. The molecule has 5 heteroatoms. The number of nitrogens with one attached hydrogen (secondary N) is 2. The monoisotopic (exact) mass is 413 g/mol. The minimum absolute atomic E-state index is 0.0156. The molecule has 0 aromatic heterocycles. The summed E-state index contributed by atoms with van der Waals surface area (Å²) in [6.07, 6.45) is 12.0. The minimum atomic E-state index is -0.0156. The zero-order valence-corrected chi connectivity index (χ0v) is 18.8. The Balaban J connectivity index is 1.60. The first-order valence-corrected chi connectivity index (χ1v) is 12.1. The van der Waals surface area contributed by atoms with Crippen LogP contribution in [0.25, 0.3) is 0 Å². The van der Waals surface area contributed by atoms with Crippen LogP contribution >= 0.6 is 0 Å². The molecule has 1 saturated heterocycles. The van der Waals surface area contributed by atoms with E-state index in [4.69, 9.17) is 0 Å². The van der Waals surface area contributed by atoms with Gasteiger partial charge in [-0.1, -0.05) is 46.0 Å². The lowest BCUT2D eigenvalue weighted by Crippen LogP contribution is -2.35. The van der Waals surface area contributed by atoms with Crippen LogP contribution in [-0.4, -0.2) is 30.9 Å². The number of amides is 2. The van der Waals surface area contributed by atoms with Gasteiger partial charge in [-0.15, -0.1) is 0 Å². The van der Waals surface area contributed by atoms with Crippen molar-refractivity contribution in [2.24, 2.45) is 5.92 Å². The molecule has 1 aromatic carbocycles. The number of benzene rings is 1. The van der Waals surface area contributed by atoms with Crippen molar-refractivity contribution in [1.82, 2.24) is 5.32 Å². The lowest BCUT2D eigenvalue weighted by atomic mass is 9.97. The second kappa shape index (κ2) is 11.4. The molecule has 5 nitrogen and oxygen atoms in total. The van der Waals surface area contributed by atoms with Crippen molar-refractivity contribution in [3.05, 3.63) is 23.8 Å².